The van der Waals surface area contributed by atoms with Gasteiger partial charge in [-0.05, 0) is 44.5 Å². The van der Waals surface area contributed by atoms with Crippen LogP contribution < -0.4 is 0 Å². The summed E-state index contributed by atoms with van der Waals surface area (Å²) in [5, 5.41) is 4.24. The molecule has 26 heavy (non-hydrogen) atoms. The molecular formula is C19H28N4O2S. The van der Waals surface area contributed by atoms with Crippen molar-refractivity contribution >= 4 is 10.0 Å². The average molecular weight is 377 g/mol. The zero-order chi connectivity index (χ0) is 18.6. The molecule has 2 aromatic rings. The van der Waals surface area contributed by atoms with Crippen LogP contribution >= 0.6 is 0 Å². The van der Waals surface area contributed by atoms with Crippen LogP contribution in [-0.2, 0) is 16.6 Å². The molecule has 0 N–H and O–H groups in total. The maximum atomic E-state index is 13.0. The molecule has 0 saturated carbocycles. The van der Waals surface area contributed by atoms with E-state index < -0.39 is 10.0 Å². The average Bonchev–Trinajstić information content (AvgIpc) is 3.12. The van der Waals surface area contributed by atoms with Crippen LogP contribution in [0.5, 0.6) is 0 Å². The van der Waals surface area contributed by atoms with Crippen molar-refractivity contribution in [2.75, 3.05) is 26.7 Å². The molecule has 0 unspecified atom stereocenters. The molecular weight excluding hydrogens is 348 g/mol. The van der Waals surface area contributed by atoms with Crippen LogP contribution in [0.15, 0.2) is 47.6 Å². The molecule has 142 valence electrons. The fraction of sp³-hybridized carbons (Fsp3) is 0.526. The maximum Gasteiger partial charge on any atom is 0.246 e. The number of aromatic nitrogens is 2. The van der Waals surface area contributed by atoms with E-state index in [1.807, 2.05) is 30.3 Å². The minimum absolute atomic E-state index is 0.0607. The maximum absolute atomic E-state index is 13.0. The van der Waals surface area contributed by atoms with E-state index in [0.29, 0.717) is 6.54 Å². The van der Waals surface area contributed by atoms with E-state index in [1.54, 1.807) is 22.2 Å². The van der Waals surface area contributed by atoms with Crippen LogP contribution in [0.4, 0.5) is 0 Å². The number of nitrogens with zero attached hydrogens (tertiary/aromatic N) is 4. The van der Waals surface area contributed by atoms with Gasteiger partial charge in [-0.1, -0.05) is 37.3 Å². The zero-order valence-electron chi connectivity index (χ0n) is 15.6. The minimum Gasteiger partial charge on any atom is -0.303 e. The van der Waals surface area contributed by atoms with Crippen LogP contribution in [0.25, 0.3) is 0 Å². The van der Waals surface area contributed by atoms with Crippen molar-refractivity contribution in [2.24, 2.45) is 0 Å². The first kappa shape index (κ1) is 19.1. The van der Waals surface area contributed by atoms with Gasteiger partial charge in [-0.15, -0.1) is 0 Å². The van der Waals surface area contributed by atoms with Crippen molar-refractivity contribution < 1.29 is 8.42 Å². The SMILES string of the molecule is CCCN1CCC(N(C)S(=O)(=O)c2cnn(Cc3ccccc3)c2)CC1. The van der Waals surface area contributed by atoms with Crippen molar-refractivity contribution in [3.05, 3.63) is 48.3 Å². The molecule has 1 aromatic heterocycles. The lowest BCUT2D eigenvalue weighted by Crippen LogP contribution is -2.45. The van der Waals surface area contributed by atoms with Gasteiger partial charge in [0.1, 0.15) is 4.90 Å². The highest BCUT2D eigenvalue weighted by atomic mass is 32.2. The molecule has 2 heterocycles. The van der Waals surface area contributed by atoms with Gasteiger partial charge < -0.3 is 4.90 Å². The van der Waals surface area contributed by atoms with Gasteiger partial charge in [0.15, 0.2) is 0 Å². The van der Waals surface area contributed by atoms with Crippen LogP contribution in [0.3, 0.4) is 0 Å². The van der Waals surface area contributed by atoms with E-state index in [9.17, 15) is 8.42 Å². The van der Waals surface area contributed by atoms with E-state index in [4.69, 9.17) is 0 Å². The number of benzene rings is 1. The Bertz CT molecular complexity index is 796. The summed E-state index contributed by atoms with van der Waals surface area (Å²) in [4.78, 5) is 2.68. The molecule has 0 spiro atoms. The van der Waals surface area contributed by atoms with Gasteiger partial charge in [-0.2, -0.15) is 9.40 Å². The number of rotatable bonds is 7. The van der Waals surface area contributed by atoms with Crippen LogP contribution in [0.1, 0.15) is 31.7 Å². The Labute approximate surface area is 156 Å². The zero-order valence-corrected chi connectivity index (χ0v) is 16.4. The first-order valence-corrected chi connectivity index (χ1v) is 10.7. The van der Waals surface area contributed by atoms with Gasteiger partial charge in [0.2, 0.25) is 10.0 Å². The summed E-state index contributed by atoms with van der Waals surface area (Å²) in [6.07, 6.45) is 5.99. The van der Waals surface area contributed by atoms with Gasteiger partial charge in [0.05, 0.1) is 12.7 Å². The molecule has 0 aliphatic carbocycles. The summed E-state index contributed by atoms with van der Waals surface area (Å²) in [5.41, 5.74) is 1.09. The summed E-state index contributed by atoms with van der Waals surface area (Å²) in [5.74, 6) is 0. The quantitative estimate of drug-likeness (QED) is 0.745. The van der Waals surface area contributed by atoms with Crippen molar-refractivity contribution in [2.45, 2.75) is 43.7 Å². The fourth-order valence-corrected chi connectivity index (χ4v) is 4.89. The number of likely N-dealkylation sites (tertiary alicyclic amines) is 1. The number of sulfonamides is 1. The van der Waals surface area contributed by atoms with Crippen LogP contribution in [-0.4, -0.2) is 60.1 Å². The van der Waals surface area contributed by atoms with Gasteiger partial charge in [0, 0.05) is 19.3 Å². The Kier molecular flexibility index (Phi) is 6.11. The molecule has 6 nitrogen and oxygen atoms in total. The van der Waals surface area contributed by atoms with Gasteiger partial charge in [0.25, 0.3) is 0 Å². The van der Waals surface area contributed by atoms with E-state index in [1.165, 1.54) is 6.20 Å². The van der Waals surface area contributed by atoms with E-state index >= 15 is 0 Å². The van der Waals surface area contributed by atoms with Crippen molar-refractivity contribution in [3.8, 4) is 0 Å². The second kappa shape index (κ2) is 8.33. The van der Waals surface area contributed by atoms with E-state index in [-0.39, 0.29) is 10.9 Å². The van der Waals surface area contributed by atoms with E-state index in [0.717, 1.165) is 44.5 Å². The molecule has 0 atom stereocenters. The smallest absolute Gasteiger partial charge is 0.246 e. The second-order valence-electron chi connectivity index (χ2n) is 6.95. The van der Waals surface area contributed by atoms with Crippen molar-refractivity contribution in [1.29, 1.82) is 0 Å². The highest BCUT2D eigenvalue weighted by Gasteiger charge is 2.31. The van der Waals surface area contributed by atoms with Gasteiger partial charge in [-0.3, -0.25) is 4.68 Å². The highest BCUT2D eigenvalue weighted by molar-refractivity contribution is 7.89. The summed E-state index contributed by atoms with van der Waals surface area (Å²) in [7, 11) is -1.81. The lowest BCUT2D eigenvalue weighted by atomic mass is 10.1. The Hall–Kier alpha value is -1.70. The largest absolute Gasteiger partial charge is 0.303 e. The molecule has 3 rings (SSSR count). The first-order chi connectivity index (χ1) is 12.5. The predicted molar refractivity (Wildman–Crippen MR) is 102 cm³/mol. The summed E-state index contributed by atoms with van der Waals surface area (Å²) < 4.78 is 29.1. The summed E-state index contributed by atoms with van der Waals surface area (Å²) >= 11 is 0. The normalized spacial score (nSPS) is 17.0. The standard InChI is InChI=1S/C19H28N4O2S/c1-3-11-22-12-9-18(10-13-22)21(2)26(24,25)19-14-20-23(16-19)15-17-7-5-4-6-8-17/h4-8,14,16,18H,3,9-13,15H2,1-2H3. The monoisotopic (exact) mass is 376 g/mol. The van der Waals surface area contributed by atoms with Crippen molar-refractivity contribution in [3.63, 3.8) is 0 Å². The lowest BCUT2D eigenvalue weighted by Gasteiger charge is -2.35. The molecule has 1 aliphatic heterocycles. The Morgan fingerprint density at radius 3 is 2.54 bits per heavy atom. The van der Waals surface area contributed by atoms with Crippen molar-refractivity contribution in [1.82, 2.24) is 19.0 Å². The first-order valence-electron chi connectivity index (χ1n) is 9.27. The van der Waals surface area contributed by atoms with E-state index in [2.05, 4.69) is 16.9 Å². The van der Waals surface area contributed by atoms with Gasteiger partial charge in [-0.25, -0.2) is 8.42 Å². The van der Waals surface area contributed by atoms with Crippen LogP contribution in [0, 0.1) is 0 Å². The lowest BCUT2D eigenvalue weighted by molar-refractivity contribution is 0.170. The van der Waals surface area contributed by atoms with Gasteiger partial charge >= 0.3 is 0 Å². The summed E-state index contributed by atoms with van der Waals surface area (Å²) in [6, 6.07) is 9.97. The topological polar surface area (TPSA) is 58.4 Å². The fourth-order valence-electron chi connectivity index (χ4n) is 3.52. The third-order valence-corrected chi connectivity index (χ3v) is 6.95. The molecule has 7 heteroatoms. The highest BCUT2D eigenvalue weighted by Crippen LogP contribution is 2.22. The predicted octanol–water partition coefficient (Wildman–Crippen LogP) is 2.43. The number of hydrogen-bond acceptors (Lipinski definition) is 4. The molecule has 1 saturated heterocycles. The number of hydrogen-bond donors (Lipinski definition) is 0. The Morgan fingerprint density at radius 1 is 1.19 bits per heavy atom. The number of piperidine rings is 1. The third kappa shape index (κ3) is 4.34. The Balaban J connectivity index is 1.66. The summed E-state index contributed by atoms with van der Waals surface area (Å²) in [6.45, 7) is 5.76. The Morgan fingerprint density at radius 2 is 1.88 bits per heavy atom. The molecule has 0 bridgehead atoms. The minimum atomic E-state index is -3.51. The third-order valence-electron chi connectivity index (χ3n) is 5.09. The molecule has 1 aromatic carbocycles. The molecule has 1 fully saturated rings. The second-order valence-corrected chi connectivity index (χ2v) is 8.95. The molecule has 1 aliphatic rings. The van der Waals surface area contributed by atoms with Crippen LogP contribution in [0.2, 0.25) is 0 Å². The molecule has 0 radical (unpaired) electrons. The molecule has 0 amide bonds.